The van der Waals surface area contributed by atoms with E-state index < -0.39 is 12.1 Å². The highest BCUT2D eigenvalue weighted by Gasteiger charge is 2.13. The summed E-state index contributed by atoms with van der Waals surface area (Å²) in [6, 6.07) is 14.0. The van der Waals surface area contributed by atoms with Crippen LogP contribution in [-0.4, -0.2) is 28.7 Å². The summed E-state index contributed by atoms with van der Waals surface area (Å²) in [6.45, 7) is 0.229. The van der Waals surface area contributed by atoms with E-state index in [1.165, 1.54) is 12.4 Å². The highest BCUT2D eigenvalue weighted by Crippen LogP contribution is 2.32. The molecule has 1 aliphatic carbocycles. The van der Waals surface area contributed by atoms with Gasteiger partial charge in [-0.15, -0.1) is 0 Å². The van der Waals surface area contributed by atoms with Crippen LogP contribution in [-0.2, 0) is 0 Å². The minimum Gasteiger partial charge on any atom is -0.487 e. The number of nitrogens with zero attached hydrogens (tertiary/aromatic N) is 2. The molecular formula is C26H20ClFN4O3. The SMILES string of the molecule is NC(=O)c1ccc(-c2ccc3ncnc(Nc4ccc(OCC5=CC(F)CC=C5)c(Cl)c4)c3c2)o1. The maximum Gasteiger partial charge on any atom is 0.284 e. The molecule has 176 valence electrons. The van der Waals surface area contributed by atoms with Crippen molar-refractivity contribution >= 4 is 39.9 Å². The number of nitrogens with two attached hydrogens (primary N) is 1. The van der Waals surface area contributed by atoms with E-state index in [1.54, 1.807) is 30.4 Å². The predicted octanol–water partition coefficient (Wildman–Crippen LogP) is 5.99. The zero-order valence-corrected chi connectivity index (χ0v) is 19.1. The zero-order valence-electron chi connectivity index (χ0n) is 18.4. The van der Waals surface area contributed by atoms with Gasteiger partial charge in [0.1, 0.15) is 36.4 Å². The van der Waals surface area contributed by atoms with E-state index >= 15 is 0 Å². The van der Waals surface area contributed by atoms with Crippen molar-refractivity contribution in [3.63, 3.8) is 0 Å². The number of carbonyl (C=O) groups is 1. The van der Waals surface area contributed by atoms with Gasteiger partial charge in [0, 0.05) is 23.1 Å². The third-order valence-corrected chi connectivity index (χ3v) is 5.74. The van der Waals surface area contributed by atoms with Crippen LogP contribution in [0.4, 0.5) is 15.9 Å². The van der Waals surface area contributed by atoms with Crippen molar-refractivity contribution < 1.29 is 18.3 Å². The van der Waals surface area contributed by atoms with Crippen molar-refractivity contribution in [3.05, 3.63) is 89.4 Å². The van der Waals surface area contributed by atoms with Crippen LogP contribution in [0.2, 0.25) is 5.02 Å². The zero-order chi connectivity index (χ0) is 24.4. The van der Waals surface area contributed by atoms with Crippen LogP contribution >= 0.6 is 11.6 Å². The number of hydrogen-bond acceptors (Lipinski definition) is 6. The molecule has 0 saturated heterocycles. The van der Waals surface area contributed by atoms with Crippen LogP contribution in [0.5, 0.6) is 5.75 Å². The van der Waals surface area contributed by atoms with E-state index in [-0.39, 0.29) is 12.4 Å². The molecule has 1 atom stereocenters. The fourth-order valence-corrected chi connectivity index (χ4v) is 3.97. The number of halogens is 2. The van der Waals surface area contributed by atoms with Crippen molar-refractivity contribution in [2.45, 2.75) is 12.6 Å². The minimum absolute atomic E-state index is 0.0834. The summed E-state index contributed by atoms with van der Waals surface area (Å²) in [5.41, 5.74) is 8.22. The van der Waals surface area contributed by atoms with Gasteiger partial charge < -0.3 is 20.2 Å². The Hall–Kier alpha value is -4.17. The minimum atomic E-state index is -0.984. The van der Waals surface area contributed by atoms with E-state index in [0.717, 1.165) is 22.0 Å². The number of ether oxygens (including phenoxy) is 1. The van der Waals surface area contributed by atoms with Crippen LogP contribution in [0.25, 0.3) is 22.2 Å². The third kappa shape index (κ3) is 5.02. The molecular weight excluding hydrogens is 471 g/mol. The molecule has 0 spiro atoms. The van der Waals surface area contributed by atoms with Gasteiger partial charge in [0.15, 0.2) is 5.76 Å². The lowest BCUT2D eigenvalue weighted by Crippen LogP contribution is -2.09. The molecule has 1 aliphatic rings. The molecule has 0 fully saturated rings. The number of furan rings is 1. The van der Waals surface area contributed by atoms with Gasteiger partial charge in [-0.1, -0.05) is 23.8 Å². The molecule has 2 aromatic heterocycles. The van der Waals surface area contributed by atoms with Crippen molar-refractivity contribution in [2.75, 3.05) is 11.9 Å². The Kier molecular flexibility index (Phi) is 6.20. The average molecular weight is 491 g/mol. The van der Waals surface area contributed by atoms with Crippen LogP contribution in [0.1, 0.15) is 17.0 Å². The summed E-state index contributed by atoms with van der Waals surface area (Å²) in [4.78, 5) is 20.1. The molecule has 0 aliphatic heterocycles. The van der Waals surface area contributed by atoms with E-state index in [1.807, 2.05) is 30.3 Å². The maximum absolute atomic E-state index is 13.5. The topological polar surface area (TPSA) is 103 Å². The molecule has 9 heteroatoms. The summed E-state index contributed by atoms with van der Waals surface area (Å²) in [6.07, 6.45) is 6.06. The number of benzene rings is 2. The molecule has 1 amide bonds. The molecule has 2 heterocycles. The summed E-state index contributed by atoms with van der Waals surface area (Å²) >= 11 is 6.43. The molecule has 2 aromatic carbocycles. The fourth-order valence-electron chi connectivity index (χ4n) is 3.73. The number of nitrogens with one attached hydrogen (secondary N) is 1. The van der Waals surface area contributed by atoms with E-state index in [4.69, 9.17) is 26.5 Å². The van der Waals surface area contributed by atoms with Crippen LogP contribution in [0.3, 0.4) is 0 Å². The van der Waals surface area contributed by atoms with E-state index in [9.17, 15) is 9.18 Å². The van der Waals surface area contributed by atoms with Crippen LogP contribution in [0, 0.1) is 0 Å². The van der Waals surface area contributed by atoms with Crippen molar-refractivity contribution in [3.8, 4) is 17.1 Å². The van der Waals surface area contributed by atoms with Gasteiger partial charge in [-0.25, -0.2) is 14.4 Å². The first-order chi connectivity index (χ1) is 17.0. The number of allylic oxidation sites excluding steroid dienone is 2. The Morgan fingerprint density at radius 3 is 2.86 bits per heavy atom. The number of hydrogen-bond donors (Lipinski definition) is 2. The number of carbonyl (C=O) groups excluding carboxylic acids is 1. The third-order valence-electron chi connectivity index (χ3n) is 5.45. The monoisotopic (exact) mass is 490 g/mol. The summed E-state index contributed by atoms with van der Waals surface area (Å²) in [5, 5.41) is 4.41. The Morgan fingerprint density at radius 1 is 1.20 bits per heavy atom. The number of rotatable bonds is 7. The summed E-state index contributed by atoms with van der Waals surface area (Å²) in [5.74, 6) is 1.01. The van der Waals surface area contributed by atoms with Gasteiger partial charge in [0.25, 0.3) is 5.91 Å². The molecule has 0 radical (unpaired) electrons. The standard InChI is InChI=1S/C26H20ClFN4O3/c27-20-12-18(5-7-23(20)34-13-15-2-1-3-17(28)10-15)32-26-19-11-16(4-6-21(19)30-14-31-26)22-8-9-24(35-22)25(29)33/h1-2,4-12,14,17H,3,13H2,(H2,29,33)(H,30,31,32). The van der Waals surface area contributed by atoms with E-state index in [0.29, 0.717) is 34.5 Å². The fraction of sp³-hybridized carbons (Fsp3) is 0.115. The number of anilines is 2. The quantitative estimate of drug-likeness (QED) is 0.330. The second-order valence-electron chi connectivity index (χ2n) is 7.94. The Morgan fingerprint density at radius 2 is 2.09 bits per heavy atom. The number of primary amides is 1. The normalized spacial score (nSPS) is 15.1. The summed E-state index contributed by atoms with van der Waals surface area (Å²) in [7, 11) is 0. The number of fused-ring (bicyclic) bond motifs is 1. The molecule has 4 aromatic rings. The number of alkyl halides is 1. The Balaban J connectivity index is 1.37. The average Bonchev–Trinajstić information content (AvgIpc) is 3.35. The lowest BCUT2D eigenvalue weighted by atomic mass is 10.1. The molecule has 3 N–H and O–H groups in total. The molecule has 1 unspecified atom stereocenters. The number of amides is 1. The first-order valence-electron chi connectivity index (χ1n) is 10.8. The smallest absolute Gasteiger partial charge is 0.284 e. The molecule has 0 saturated carbocycles. The van der Waals surface area contributed by atoms with Gasteiger partial charge in [-0.3, -0.25) is 4.79 Å². The lowest BCUT2D eigenvalue weighted by Gasteiger charge is -2.14. The second kappa shape index (κ2) is 9.60. The van der Waals surface area contributed by atoms with Crippen LogP contribution in [0.15, 0.2) is 83.1 Å². The van der Waals surface area contributed by atoms with Crippen molar-refractivity contribution in [1.29, 1.82) is 0 Å². The van der Waals surface area contributed by atoms with Gasteiger partial charge >= 0.3 is 0 Å². The van der Waals surface area contributed by atoms with Gasteiger partial charge in [0.05, 0.1) is 10.5 Å². The summed E-state index contributed by atoms with van der Waals surface area (Å²) < 4.78 is 24.8. The molecule has 35 heavy (non-hydrogen) atoms. The molecule has 5 rings (SSSR count). The first kappa shape index (κ1) is 22.6. The van der Waals surface area contributed by atoms with Gasteiger partial charge in [-0.2, -0.15) is 0 Å². The van der Waals surface area contributed by atoms with Gasteiger partial charge in [0.2, 0.25) is 0 Å². The predicted molar refractivity (Wildman–Crippen MR) is 133 cm³/mol. The highest BCUT2D eigenvalue weighted by atomic mass is 35.5. The highest BCUT2D eigenvalue weighted by molar-refractivity contribution is 6.32. The van der Waals surface area contributed by atoms with Gasteiger partial charge in [-0.05, 0) is 60.2 Å². The maximum atomic E-state index is 13.5. The molecule has 0 bridgehead atoms. The van der Waals surface area contributed by atoms with Crippen LogP contribution < -0.4 is 15.8 Å². The van der Waals surface area contributed by atoms with E-state index in [2.05, 4.69) is 15.3 Å². The first-order valence-corrected chi connectivity index (χ1v) is 11.2. The number of aromatic nitrogens is 2. The second-order valence-corrected chi connectivity index (χ2v) is 8.34. The Bertz CT molecular complexity index is 1480. The lowest BCUT2D eigenvalue weighted by molar-refractivity contribution is 0.0974. The largest absolute Gasteiger partial charge is 0.487 e. The Labute approximate surface area is 205 Å². The molecule has 7 nitrogen and oxygen atoms in total. The van der Waals surface area contributed by atoms with Crippen molar-refractivity contribution in [1.82, 2.24) is 9.97 Å². The van der Waals surface area contributed by atoms with Crippen molar-refractivity contribution in [2.24, 2.45) is 5.73 Å².